The molecule has 3 rings (SSSR count). The highest BCUT2D eigenvalue weighted by molar-refractivity contribution is 7.89. The number of hydrogen-bond acceptors (Lipinski definition) is 5. The fraction of sp³-hybridized carbons (Fsp3) is 0.0909. The normalized spacial score (nSPS) is 12.1. The lowest BCUT2D eigenvalue weighted by Crippen LogP contribution is -2.26. The van der Waals surface area contributed by atoms with Crippen molar-refractivity contribution in [2.24, 2.45) is 0 Å². The standard InChI is InChI=1S/C22H19FN2O5S/c1-24-31(28,29)19-9-5-8-16(14-19)22(27)30-20(15-6-3-2-4-7-15)21(26)25-18-12-10-17(23)11-13-18/h2-14,20,24H,1H3,(H,25,26)/t20-/m0/s1. The second-order valence-corrected chi connectivity index (χ2v) is 8.31. The van der Waals surface area contributed by atoms with E-state index in [1.807, 2.05) is 0 Å². The van der Waals surface area contributed by atoms with E-state index in [4.69, 9.17) is 4.74 Å². The van der Waals surface area contributed by atoms with Crippen LogP contribution in [0.15, 0.2) is 83.8 Å². The number of nitrogens with one attached hydrogen (secondary N) is 2. The molecule has 3 aromatic carbocycles. The summed E-state index contributed by atoms with van der Waals surface area (Å²) in [6, 6.07) is 18.7. The molecule has 160 valence electrons. The van der Waals surface area contributed by atoms with Crippen molar-refractivity contribution < 1.29 is 27.1 Å². The molecule has 0 aliphatic rings. The number of carbonyl (C=O) groups is 2. The van der Waals surface area contributed by atoms with E-state index in [9.17, 15) is 22.4 Å². The van der Waals surface area contributed by atoms with Crippen LogP contribution < -0.4 is 10.0 Å². The molecule has 0 saturated carbocycles. The van der Waals surface area contributed by atoms with Crippen LogP contribution in [0.1, 0.15) is 22.0 Å². The van der Waals surface area contributed by atoms with Crippen molar-refractivity contribution >= 4 is 27.6 Å². The molecule has 7 nitrogen and oxygen atoms in total. The molecule has 1 amide bonds. The molecule has 0 unspecified atom stereocenters. The predicted octanol–water partition coefficient (Wildman–Crippen LogP) is 3.27. The van der Waals surface area contributed by atoms with Gasteiger partial charge >= 0.3 is 5.97 Å². The Bertz CT molecular complexity index is 1180. The smallest absolute Gasteiger partial charge is 0.339 e. The first-order valence-electron chi connectivity index (χ1n) is 9.16. The van der Waals surface area contributed by atoms with Crippen molar-refractivity contribution in [2.45, 2.75) is 11.0 Å². The summed E-state index contributed by atoms with van der Waals surface area (Å²) in [5.41, 5.74) is 0.701. The van der Waals surface area contributed by atoms with Gasteiger partial charge in [-0.2, -0.15) is 0 Å². The van der Waals surface area contributed by atoms with Gasteiger partial charge in [-0.1, -0.05) is 36.4 Å². The number of sulfonamides is 1. The molecule has 0 bridgehead atoms. The minimum absolute atomic E-state index is 0.0353. The van der Waals surface area contributed by atoms with E-state index in [1.165, 1.54) is 49.5 Å². The van der Waals surface area contributed by atoms with Crippen LogP contribution in [0.5, 0.6) is 0 Å². The van der Waals surface area contributed by atoms with E-state index in [1.54, 1.807) is 30.3 Å². The van der Waals surface area contributed by atoms with Gasteiger partial charge < -0.3 is 10.1 Å². The lowest BCUT2D eigenvalue weighted by atomic mass is 10.1. The molecular weight excluding hydrogens is 423 g/mol. The molecule has 0 aliphatic carbocycles. The van der Waals surface area contributed by atoms with Crippen LogP contribution in [0.2, 0.25) is 0 Å². The molecule has 0 radical (unpaired) electrons. The van der Waals surface area contributed by atoms with Gasteiger partial charge in [-0.15, -0.1) is 0 Å². The lowest BCUT2D eigenvalue weighted by Gasteiger charge is -2.18. The maximum Gasteiger partial charge on any atom is 0.339 e. The van der Waals surface area contributed by atoms with Crippen molar-refractivity contribution in [2.75, 3.05) is 12.4 Å². The zero-order chi connectivity index (χ0) is 22.4. The third-order valence-corrected chi connectivity index (χ3v) is 5.74. The minimum atomic E-state index is -3.76. The van der Waals surface area contributed by atoms with Gasteiger partial charge in [0.25, 0.3) is 5.91 Å². The predicted molar refractivity (Wildman–Crippen MR) is 112 cm³/mol. The molecular formula is C22H19FN2O5S. The number of esters is 1. The molecule has 0 spiro atoms. The molecule has 0 saturated heterocycles. The monoisotopic (exact) mass is 442 g/mol. The summed E-state index contributed by atoms with van der Waals surface area (Å²) in [5.74, 6) is -1.98. The maximum absolute atomic E-state index is 13.1. The van der Waals surface area contributed by atoms with Crippen LogP contribution >= 0.6 is 0 Å². The highest BCUT2D eigenvalue weighted by Gasteiger charge is 2.26. The number of anilines is 1. The first-order chi connectivity index (χ1) is 14.8. The van der Waals surface area contributed by atoms with Crippen molar-refractivity contribution in [1.82, 2.24) is 4.72 Å². The van der Waals surface area contributed by atoms with Crippen LogP contribution in [-0.4, -0.2) is 27.3 Å². The molecule has 1 atom stereocenters. The van der Waals surface area contributed by atoms with Crippen LogP contribution in [0, 0.1) is 5.82 Å². The number of amides is 1. The Balaban J connectivity index is 1.87. The van der Waals surface area contributed by atoms with E-state index in [2.05, 4.69) is 10.0 Å². The molecule has 3 aromatic rings. The number of hydrogen-bond donors (Lipinski definition) is 2. The average molecular weight is 442 g/mol. The fourth-order valence-electron chi connectivity index (χ4n) is 2.72. The largest absolute Gasteiger partial charge is 0.444 e. The summed E-state index contributed by atoms with van der Waals surface area (Å²) in [6.07, 6.45) is -1.32. The van der Waals surface area contributed by atoms with Gasteiger partial charge in [0.15, 0.2) is 0 Å². The molecule has 0 heterocycles. The Kier molecular flexibility index (Phi) is 6.78. The number of carbonyl (C=O) groups excluding carboxylic acids is 2. The maximum atomic E-state index is 13.1. The van der Waals surface area contributed by atoms with E-state index in [0.717, 1.165) is 6.07 Å². The molecule has 0 aliphatic heterocycles. The van der Waals surface area contributed by atoms with Gasteiger partial charge in [0, 0.05) is 11.3 Å². The number of halogens is 1. The number of benzene rings is 3. The highest BCUT2D eigenvalue weighted by Crippen LogP contribution is 2.23. The van der Waals surface area contributed by atoms with Crippen molar-refractivity contribution in [3.05, 3.63) is 95.8 Å². The van der Waals surface area contributed by atoms with Crippen molar-refractivity contribution in [1.29, 1.82) is 0 Å². The molecule has 31 heavy (non-hydrogen) atoms. The Morgan fingerprint density at radius 1 is 0.935 bits per heavy atom. The second-order valence-electron chi connectivity index (χ2n) is 6.43. The van der Waals surface area contributed by atoms with E-state index >= 15 is 0 Å². The molecule has 0 aromatic heterocycles. The van der Waals surface area contributed by atoms with E-state index in [-0.39, 0.29) is 10.5 Å². The van der Waals surface area contributed by atoms with Crippen LogP contribution in [0.3, 0.4) is 0 Å². The number of rotatable bonds is 7. The Morgan fingerprint density at radius 3 is 2.26 bits per heavy atom. The summed E-state index contributed by atoms with van der Waals surface area (Å²) < 4.78 is 44.7. The summed E-state index contributed by atoms with van der Waals surface area (Å²) in [5, 5.41) is 2.58. The Labute approximate surface area is 178 Å². The quantitative estimate of drug-likeness (QED) is 0.547. The van der Waals surface area contributed by atoms with Gasteiger partial charge in [-0.05, 0) is 49.5 Å². The fourth-order valence-corrected chi connectivity index (χ4v) is 3.50. The van der Waals surface area contributed by atoms with Gasteiger partial charge in [-0.3, -0.25) is 4.79 Å². The van der Waals surface area contributed by atoms with Gasteiger partial charge in [0.1, 0.15) is 5.82 Å². The van der Waals surface area contributed by atoms with Crippen LogP contribution in [-0.2, 0) is 19.6 Å². The third kappa shape index (κ3) is 5.53. The topological polar surface area (TPSA) is 102 Å². The zero-order valence-electron chi connectivity index (χ0n) is 16.4. The second kappa shape index (κ2) is 9.50. The summed E-state index contributed by atoms with van der Waals surface area (Å²) in [4.78, 5) is 25.5. The van der Waals surface area contributed by atoms with Crippen LogP contribution in [0.25, 0.3) is 0 Å². The SMILES string of the molecule is CNS(=O)(=O)c1cccc(C(=O)O[C@H](C(=O)Nc2ccc(F)cc2)c2ccccc2)c1. The van der Waals surface area contributed by atoms with Crippen molar-refractivity contribution in [3.63, 3.8) is 0 Å². The van der Waals surface area contributed by atoms with E-state index in [0.29, 0.717) is 11.3 Å². The number of ether oxygens (including phenoxy) is 1. The van der Waals surface area contributed by atoms with Gasteiger partial charge in [0.05, 0.1) is 10.5 Å². The molecule has 0 fully saturated rings. The van der Waals surface area contributed by atoms with E-state index < -0.39 is 33.8 Å². The zero-order valence-corrected chi connectivity index (χ0v) is 17.2. The third-order valence-electron chi connectivity index (χ3n) is 4.33. The first-order valence-corrected chi connectivity index (χ1v) is 10.6. The highest BCUT2D eigenvalue weighted by atomic mass is 32.2. The van der Waals surface area contributed by atoms with Crippen molar-refractivity contribution in [3.8, 4) is 0 Å². The Morgan fingerprint density at radius 2 is 1.61 bits per heavy atom. The first kappa shape index (κ1) is 22.1. The summed E-state index contributed by atoms with van der Waals surface area (Å²) >= 11 is 0. The average Bonchev–Trinajstić information content (AvgIpc) is 2.79. The van der Waals surface area contributed by atoms with Crippen LogP contribution in [0.4, 0.5) is 10.1 Å². The Hall–Kier alpha value is -3.56. The minimum Gasteiger partial charge on any atom is -0.444 e. The molecule has 2 N–H and O–H groups in total. The lowest BCUT2D eigenvalue weighted by molar-refractivity contribution is -0.125. The molecule has 9 heteroatoms. The summed E-state index contributed by atoms with van der Waals surface area (Å²) in [6.45, 7) is 0. The van der Waals surface area contributed by atoms with Gasteiger partial charge in [-0.25, -0.2) is 22.3 Å². The van der Waals surface area contributed by atoms with Gasteiger partial charge in [0.2, 0.25) is 16.1 Å². The summed E-state index contributed by atoms with van der Waals surface area (Å²) in [7, 11) is -2.51.